The van der Waals surface area contributed by atoms with Crippen LogP contribution in [0.2, 0.25) is 5.02 Å². The van der Waals surface area contributed by atoms with Crippen LogP contribution in [0.4, 0.5) is 0 Å². The Labute approximate surface area is 114 Å². The summed E-state index contributed by atoms with van der Waals surface area (Å²) in [4.78, 5) is 14.2. The Morgan fingerprint density at radius 2 is 2.35 bits per heavy atom. The van der Waals surface area contributed by atoms with E-state index in [-0.39, 0.29) is 5.91 Å². The smallest absolute Gasteiger partial charge is 0.255 e. The van der Waals surface area contributed by atoms with E-state index < -0.39 is 0 Å². The molecule has 0 aromatic heterocycles. The first-order valence-corrected chi connectivity index (χ1v) is 6.72. The van der Waals surface area contributed by atoms with Gasteiger partial charge in [0, 0.05) is 30.1 Å². The fourth-order valence-corrected chi connectivity index (χ4v) is 2.51. The Morgan fingerprint density at radius 3 is 3.06 bits per heavy atom. The maximum Gasteiger partial charge on any atom is 0.255 e. The van der Waals surface area contributed by atoms with Gasteiger partial charge in [0.15, 0.2) is 0 Å². The normalized spacial score (nSPS) is 20.4. The molecule has 0 saturated carbocycles. The SMILES string of the molecule is C[C@H]1CN(C(=O)c2cc(Br)ccc2Cl)CCN1. The zero-order chi connectivity index (χ0) is 12.4. The fraction of sp³-hybridized carbons (Fsp3) is 0.417. The predicted molar refractivity (Wildman–Crippen MR) is 72.5 cm³/mol. The number of carbonyl (C=O) groups is 1. The third-order valence-corrected chi connectivity index (χ3v) is 3.64. The molecular weight excluding hydrogens is 304 g/mol. The molecule has 2 rings (SSSR count). The van der Waals surface area contributed by atoms with Crippen LogP contribution in [0.1, 0.15) is 17.3 Å². The Bertz CT molecular complexity index is 439. The molecule has 1 fully saturated rings. The third-order valence-electron chi connectivity index (χ3n) is 2.81. The lowest BCUT2D eigenvalue weighted by molar-refractivity contribution is 0.0709. The lowest BCUT2D eigenvalue weighted by atomic mass is 10.1. The number of nitrogens with one attached hydrogen (secondary N) is 1. The quantitative estimate of drug-likeness (QED) is 0.863. The van der Waals surface area contributed by atoms with E-state index in [2.05, 4.69) is 28.2 Å². The number of halogens is 2. The van der Waals surface area contributed by atoms with E-state index in [1.807, 2.05) is 11.0 Å². The van der Waals surface area contributed by atoms with Crippen LogP contribution in [0.15, 0.2) is 22.7 Å². The summed E-state index contributed by atoms with van der Waals surface area (Å²) in [7, 11) is 0. The van der Waals surface area contributed by atoms with Crippen LogP contribution in [0.3, 0.4) is 0 Å². The standard InChI is InChI=1S/C12H14BrClN2O/c1-8-7-16(5-4-15-8)12(17)10-6-9(13)2-3-11(10)14/h2-3,6,8,15H,4-5,7H2,1H3/t8-/m0/s1. The second kappa shape index (κ2) is 5.38. The summed E-state index contributed by atoms with van der Waals surface area (Å²) in [5, 5.41) is 3.81. The van der Waals surface area contributed by atoms with Crippen LogP contribution >= 0.6 is 27.5 Å². The second-order valence-electron chi connectivity index (χ2n) is 4.23. The number of benzene rings is 1. The lowest BCUT2D eigenvalue weighted by Gasteiger charge is -2.32. The van der Waals surface area contributed by atoms with Crippen molar-refractivity contribution in [2.75, 3.05) is 19.6 Å². The lowest BCUT2D eigenvalue weighted by Crippen LogP contribution is -2.51. The summed E-state index contributed by atoms with van der Waals surface area (Å²) in [5.41, 5.74) is 0.565. The molecule has 0 bridgehead atoms. The van der Waals surface area contributed by atoms with Gasteiger partial charge in [0.2, 0.25) is 0 Å². The summed E-state index contributed by atoms with van der Waals surface area (Å²) < 4.78 is 0.869. The van der Waals surface area contributed by atoms with Crippen LogP contribution in [-0.4, -0.2) is 36.5 Å². The van der Waals surface area contributed by atoms with Gasteiger partial charge in [-0.1, -0.05) is 27.5 Å². The molecule has 1 saturated heterocycles. The van der Waals surface area contributed by atoms with Gasteiger partial charge in [-0.05, 0) is 25.1 Å². The van der Waals surface area contributed by atoms with Gasteiger partial charge >= 0.3 is 0 Å². The molecule has 1 aliphatic rings. The van der Waals surface area contributed by atoms with Gasteiger partial charge in [-0.25, -0.2) is 0 Å². The zero-order valence-electron chi connectivity index (χ0n) is 9.54. The van der Waals surface area contributed by atoms with Crippen LogP contribution < -0.4 is 5.32 Å². The highest BCUT2D eigenvalue weighted by Gasteiger charge is 2.23. The molecule has 0 spiro atoms. The fourth-order valence-electron chi connectivity index (χ4n) is 1.95. The topological polar surface area (TPSA) is 32.3 Å². The second-order valence-corrected chi connectivity index (χ2v) is 5.55. The molecule has 5 heteroatoms. The maximum absolute atomic E-state index is 12.3. The van der Waals surface area contributed by atoms with E-state index in [9.17, 15) is 4.79 Å². The maximum atomic E-state index is 12.3. The molecule has 1 aromatic carbocycles. The van der Waals surface area contributed by atoms with Crippen molar-refractivity contribution in [2.45, 2.75) is 13.0 Å². The van der Waals surface area contributed by atoms with Gasteiger partial charge in [0.05, 0.1) is 10.6 Å². The molecule has 1 atom stereocenters. The number of hydrogen-bond donors (Lipinski definition) is 1. The minimum atomic E-state index is 0.00431. The Kier molecular flexibility index (Phi) is 4.07. The highest BCUT2D eigenvalue weighted by Crippen LogP contribution is 2.22. The molecule has 1 amide bonds. The third kappa shape index (κ3) is 3.00. The van der Waals surface area contributed by atoms with Crippen molar-refractivity contribution in [2.24, 2.45) is 0 Å². The van der Waals surface area contributed by atoms with Gasteiger partial charge in [0.1, 0.15) is 0 Å². The monoisotopic (exact) mass is 316 g/mol. The number of rotatable bonds is 1. The van der Waals surface area contributed by atoms with Crippen molar-refractivity contribution >= 4 is 33.4 Å². The molecule has 1 aliphatic heterocycles. The van der Waals surface area contributed by atoms with Crippen LogP contribution in [0.25, 0.3) is 0 Å². The molecule has 92 valence electrons. The van der Waals surface area contributed by atoms with Crippen molar-refractivity contribution in [3.05, 3.63) is 33.3 Å². The van der Waals surface area contributed by atoms with Crippen LogP contribution in [0, 0.1) is 0 Å². The van der Waals surface area contributed by atoms with Crippen molar-refractivity contribution < 1.29 is 4.79 Å². The van der Waals surface area contributed by atoms with Crippen LogP contribution in [-0.2, 0) is 0 Å². The molecule has 3 nitrogen and oxygen atoms in total. The Balaban J connectivity index is 2.21. The van der Waals surface area contributed by atoms with Gasteiger partial charge in [-0.15, -0.1) is 0 Å². The minimum absolute atomic E-state index is 0.00431. The first-order valence-electron chi connectivity index (χ1n) is 5.55. The Hall–Kier alpha value is -0.580. The molecule has 1 aromatic rings. The van der Waals surface area contributed by atoms with Crippen molar-refractivity contribution in [3.8, 4) is 0 Å². The number of hydrogen-bond acceptors (Lipinski definition) is 2. The average Bonchev–Trinajstić information content (AvgIpc) is 2.31. The summed E-state index contributed by atoms with van der Waals surface area (Å²) >= 11 is 9.42. The van der Waals surface area contributed by atoms with E-state index in [4.69, 9.17) is 11.6 Å². The molecule has 0 unspecified atom stereocenters. The zero-order valence-corrected chi connectivity index (χ0v) is 11.9. The molecule has 1 heterocycles. The van der Waals surface area contributed by atoms with Crippen molar-refractivity contribution in [1.82, 2.24) is 10.2 Å². The molecule has 1 N–H and O–H groups in total. The first kappa shape index (κ1) is 12.9. The highest BCUT2D eigenvalue weighted by atomic mass is 79.9. The van der Waals surface area contributed by atoms with Gasteiger partial charge < -0.3 is 10.2 Å². The van der Waals surface area contributed by atoms with Crippen LogP contribution in [0.5, 0.6) is 0 Å². The van der Waals surface area contributed by atoms with E-state index in [0.29, 0.717) is 16.6 Å². The highest BCUT2D eigenvalue weighted by molar-refractivity contribution is 9.10. The average molecular weight is 318 g/mol. The predicted octanol–water partition coefficient (Wildman–Crippen LogP) is 2.54. The number of amides is 1. The summed E-state index contributed by atoms with van der Waals surface area (Å²) in [6, 6.07) is 5.68. The summed E-state index contributed by atoms with van der Waals surface area (Å²) in [5.74, 6) is 0.00431. The van der Waals surface area contributed by atoms with Gasteiger partial charge in [-0.3, -0.25) is 4.79 Å². The number of carbonyl (C=O) groups excluding carboxylic acids is 1. The first-order chi connectivity index (χ1) is 8.08. The van der Waals surface area contributed by atoms with E-state index >= 15 is 0 Å². The van der Waals surface area contributed by atoms with E-state index in [1.54, 1.807) is 12.1 Å². The molecule has 0 radical (unpaired) electrons. The summed E-state index contributed by atoms with van der Waals surface area (Å²) in [6.45, 7) is 4.36. The number of piperazine rings is 1. The van der Waals surface area contributed by atoms with Crippen molar-refractivity contribution in [1.29, 1.82) is 0 Å². The number of nitrogens with zero attached hydrogens (tertiary/aromatic N) is 1. The molecule has 17 heavy (non-hydrogen) atoms. The van der Waals surface area contributed by atoms with Crippen molar-refractivity contribution in [3.63, 3.8) is 0 Å². The van der Waals surface area contributed by atoms with Gasteiger partial charge in [-0.2, -0.15) is 0 Å². The largest absolute Gasteiger partial charge is 0.336 e. The summed E-state index contributed by atoms with van der Waals surface area (Å²) in [6.07, 6.45) is 0. The minimum Gasteiger partial charge on any atom is -0.336 e. The van der Waals surface area contributed by atoms with E-state index in [0.717, 1.165) is 24.1 Å². The Morgan fingerprint density at radius 1 is 1.59 bits per heavy atom. The molecular formula is C12H14BrClN2O. The van der Waals surface area contributed by atoms with Gasteiger partial charge in [0.25, 0.3) is 5.91 Å². The molecule has 0 aliphatic carbocycles. The van der Waals surface area contributed by atoms with E-state index in [1.165, 1.54) is 0 Å².